The first-order valence-electron chi connectivity index (χ1n) is 5.16. The Balaban J connectivity index is 2.05. The number of benzene rings is 1. The van der Waals surface area contributed by atoms with Crippen LogP contribution in [0.15, 0.2) is 42.6 Å². The highest BCUT2D eigenvalue weighted by Crippen LogP contribution is 2.21. The van der Waals surface area contributed by atoms with Gasteiger partial charge in [-0.1, -0.05) is 23.7 Å². The zero-order valence-electron chi connectivity index (χ0n) is 9.39. The van der Waals surface area contributed by atoms with Crippen LogP contribution in [0.1, 0.15) is 5.56 Å². The third-order valence-electron chi connectivity index (χ3n) is 2.27. The largest absolute Gasteiger partial charge is 0.497 e. The smallest absolute Gasteiger partial charge is 0.135 e. The van der Waals surface area contributed by atoms with Gasteiger partial charge in [0.2, 0.25) is 0 Å². The topological polar surface area (TPSA) is 31.4 Å². The molecule has 1 aromatic carbocycles. The van der Waals surface area contributed by atoms with Gasteiger partial charge in [-0.15, -0.1) is 0 Å². The molecule has 0 spiro atoms. The van der Waals surface area contributed by atoms with Crippen molar-refractivity contribution in [2.45, 2.75) is 6.61 Å². The maximum absolute atomic E-state index is 5.93. The van der Waals surface area contributed by atoms with Gasteiger partial charge in [0.05, 0.1) is 7.11 Å². The summed E-state index contributed by atoms with van der Waals surface area (Å²) in [4.78, 5) is 3.99. The lowest BCUT2D eigenvalue weighted by molar-refractivity contribution is 0.303. The van der Waals surface area contributed by atoms with Gasteiger partial charge in [-0.2, -0.15) is 0 Å². The fraction of sp³-hybridized carbons (Fsp3) is 0.154. The maximum atomic E-state index is 5.93. The Morgan fingerprint density at radius 1 is 1.18 bits per heavy atom. The van der Waals surface area contributed by atoms with Crippen molar-refractivity contribution in [3.05, 3.63) is 53.3 Å². The quantitative estimate of drug-likeness (QED) is 0.779. The highest BCUT2D eigenvalue weighted by atomic mass is 35.5. The molecule has 1 heterocycles. The number of rotatable bonds is 4. The summed E-state index contributed by atoms with van der Waals surface area (Å²) in [5, 5.41) is 0.468. The molecule has 2 rings (SSSR count). The fourth-order valence-electron chi connectivity index (χ4n) is 1.38. The lowest BCUT2D eigenvalue weighted by Crippen LogP contribution is -1.97. The van der Waals surface area contributed by atoms with Crippen LogP contribution < -0.4 is 9.47 Å². The van der Waals surface area contributed by atoms with Crippen LogP contribution in [0.3, 0.4) is 0 Å². The third-order valence-corrected chi connectivity index (χ3v) is 2.61. The highest BCUT2D eigenvalue weighted by molar-refractivity contribution is 6.30. The van der Waals surface area contributed by atoms with Crippen LogP contribution in [0.2, 0.25) is 5.15 Å². The van der Waals surface area contributed by atoms with Gasteiger partial charge in [0, 0.05) is 17.8 Å². The lowest BCUT2D eigenvalue weighted by Gasteiger charge is -2.08. The summed E-state index contributed by atoms with van der Waals surface area (Å²) in [5.74, 6) is 1.50. The molecule has 0 aliphatic rings. The second kappa shape index (κ2) is 5.55. The summed E-state index contributed by atoms with van der Waals surface area (Å²) in [6, 6.07) is 11.1. The molecule has 88 valence electrons. The number of hydrogen-bond acceptors (Lipinski definition) is 3. The van der Waals surface area contributed by atoms with Crippen molar-refractivity contribution >= 4 is 11.6 Å². The van der Waals surface area contributed by atoms with Crippen LogP contribution in [0.25, 0.3) is 0 Å². The predicted molar refractivity (Wildman–Crippen MR) is 66.6 cm³/mol. The van der Waals surface area contributed by atoms with Crippen molar-refractivity contribution in [3.8, 4) is 11.5 Å². The molecule has 0 radical (unpaired) electrons. The van der Waals surface area contributed by atoms with Crippen LogP contribution in [-0.2, 0) is 6.61 Å². The Bertz CT molecular complexity index is 502. The van der Waals surface area contributed by atoms with Crippen LogP contribution >= 0.6 is 11.6 Å². The van der Waals surface area contributed by atoms with Gasteiger partial charge in [-0.3, -0.25) is 0 Å². The number of methoxy groups -OCH3 is 1. The van der Waals surface area contributed by atoms with Crippen LogP contribution in [0, 0.1) is 0 Å². The SMILES string of the molecule is COc1cccc(OCc2cccnc2Cl)c1. The minimum Gasteiger partial charge on any atom is -0.497 e. The average molecular weight is 250 g/mol. The van der Waals surface area contributed by atoms with Crippen LogP contribution in [0.5, 0.6) is 11.5 Å². The molecule has 4 heteroatoms. The summed E-state index contributed by atoms with van der Waals surface area (Å²) in [7, 11) is 1.62. The monoisotopic (exact) mass is 249 g/mol. The van der Waals surface area contributed by atoms with Crippen molar-refractivity contribution in [2.24, 2.45) is 0 Å². The van der Waals surface area contributed by atoms with E-state index in [0.29, 0.717) is 11.8 Å². The Morgan fingerprint density at radius 3 is 2.76 bits per heavy atom. The average Bonchev–Trinajstić information content (AvgIpc) is 2.38. The third kappa shape index (κ3) is 3.11. The van der Waals surface area contributed by atoms with E-state index in [4.69, 9.17) is 21.1 Å². The summed E-state index contributed by atoms with van der Waals surface area (Å²) in [6.07, 6.45) is 1.65. The molecule has 17 heavy (non-hydrogen) atoms. The van der Waals surface area contributed by atoms with Crippen molar-refractivity contribution in [1.82, 2.24) is 4.98 Å². The number of aromatic nitrogens is 1. The van der Waals surface area contributed by atoms with Crippen molar-refractivity contribution in [2.75, 3.05) is 7.11 Å². The molecular weight excluding hydrogens is 238 g/mol. The van der Waals surface area contributed by atoms with E-state index >= 15 is 0 Å². The zero-order valence-corrected chi connectivity index (χ0v) is 10.1. The second-order valence-electron chi connectivity index (χ2n) is 3.42. The Hall–Kier alpha value is -1.74. The summed E-state index contributed by atoms with van der Waals surface area (Å²) >= 11 is 5.93. The molecule has 0 bridgehead atoms. The Kier molecular flexibility index (Phi) is 3.83. The van der Waals surface area contributed by atoms with Crippen molar-refractivity contribution in [3.63, 3.8) is 0 Å². The number of hydrogen-bond donors (Lipinski definition) is 0. The van der Waals surface area contributed by atoms with E-state index < -0.39 is 0 Å². The van der Waals surface area contributed by atoms with Crippen molar-refractivity contribution in [1.29, 1.82) is 0 Å². The van der Waals surface area contributed by atoms with E-state index in [1.807, 2.05) is 36.4 Å². The van der Waals surface area contributed by atoms with Gasteiger partial charge >= 0.3 is 0 Å². The molecule has 2 aromatic rings. The van der Waals surface area contributed by atoms with E-state index in [1.54, 1.807) is 13.3 Å². The standard InChI is InChI=1S/C13H12ClNO2/c1-16-11-5-2-6-12(8-11)17-9-10-4-3-7-15-13(10)14/h2-8H,9H2,1H3. The molecule has 0 aliphatic carbocycles. The summed E-state index contributed by atoms with van der Waals surface area (Å²) in [6.45, 7) is 0.389. The van der Waals surface area contributed by atoms with Gasteiger partial charge < -0.3 is 9.47 Å². The molecule has 0 atom stereocenters. The van der Waals surface area contributed by atoms with Gasteiger partial charge in [0.15, 0.2) is 0 Å². The van der Waals surface area contributed by atoms with Crippen LogP contribution in [0.4, 0.5) is 0 Å². The maximum Gasteiger partial charge on any atom is 0.135 e. The molecule has 0 N–H and O–H groups in total. The molecule has 0 saturated carbocycles. The highest BCUT2D eigenvalue weighted by Gasteiger charge is 2.02. The van der Waals surface area contributed by atoms with Gasteiger partial charge in [0.25, 0.3) is 0 Å². The molecule has 0 amide bonds. The number of nitrogens with zero attached hydrogens (tertiary/aromatic N) is 1. The normalized spacial score (nSPS) is 10.0. The second-order valence-corrected chi connectivity index (χ2v) is 3.78. The fourth-order valence-corrected chi connectivity index (χ4v) is 1.55. The van der Waals surface area contributed by atoms with E-state index in [0.717, 1.165) is 17.1 Å². The Morgan fingerprint density at radius 2 is 2.00 bits per heavy atom. The molecule has 3 nitrogen and oxygen atoms in total. The minimum atomic E-state index is 0.389. The summed E-state index contributed by atoms with van der Waals surface area (Å²) < 4.78 is 10.7. The molecule has 0 aliphatic heterocycles. The zero-order chi connectivity index (χ0) is 12.1. The molecule has 0 unspecified atom stereocenters. The summed E-state index contributed by atoms with van der Waals surface area (Å²) in [5.41, 5.74) is 0.858. The minimum absolute atomic E-state index is 0.389. The van der Waals surface area contributed by atoms with Gasteiger partial charge in [-0.25, -0.2) is 4.98 Å². The molecule has 0 fully saturated rings. The van der Waals surface area contributed by atoms with Crippen molar-refractivity contribution < 1.29 is 9.47 Å². The number of ether oxygens (including phenoxy) is 2. The van der Waals surface area contributed by atoms with E-state index in [1.165, 1.54) is 0 Å². The van der Waals surface area contributed by atoms with E-state index in [2.05, 4.69) is 4.98 Å². The number of pyridine rings is 1. The van der Waals surface area contributed by atoms with E-state index in [9.17, 15) is 0 Å². The first-order chi connectivity index (χ1) is 8.29. The molecule has 0 saturated heterocycles. The van der Waals surface area contributed by atoms with Gasteiger partial charge in [0.1, 0.15) is 23.3 Å². The van der Waals surface area contributed by atoms with Crippen LogP contribution in [-0.4, -0.2) is 12.1 Å². The molecule has 1 aromatic heterocycles. The first-order valence-corrected chi connectivity index (χ1v) is 5.53. The van der Waals surface area contributed by atoms with E-state index in [-0.39, 0.29) is 0 Å². The Labute approximate surface area is 105 Å². The number of halogens is 1. The molecular formula is C13H12ClNO2. The van der Waals surface area contributed by atoms with Gasteiger partial charge in [-0.05, 0) is 18.2 Å². The predicted octanol–water partition coefficient (Wildman–Crippen LogP) is 3.32. The lowest BCUT2D eigenvalue weighted by atomic mass is 10.3. The first kappa shape index (κ1) is 11.7.